The zero-order chi connectivity index (χ0) is 14.9. The van der Waals surface area contributed by atoms with Gasteiger partial charge in [-0.1, -0.05) is 30.3 Å². The van der Waals surface area contributed by atoms with E-state index in [1.165, 1.54) is 6.07 Å². The SMILES string of the molecule is Fc1ccccc1NC(=S)NCCCOc1ccccc1. The molecule has 0 unspecified atom stereocenters. The van der Waals surface area contributed by atoms with Crippen molar-refractivity contribution < 1.29 is 9.13 Å². The zero-order valence-corrected chi connectivity index (χ0v) is 12.3. The van der Waals surface area contributed by atoms with Crippen molar-refractivity contribution in [2.24, 2.45) is 0 Å². The fourth-order valence-corrected chi connectivity index (χ4v) is 1.92. The van der Waals surface area contributed by atoms with Crippen molar-refractivity contribution in [1.82, 2.24) is 5.32 Å². The van der Waals surface area contributed by atoms with Gasteiger partial charge in [0.15, 0.2) is 5.11 Å². The van der Waals surface area contributed by atoms with Crippen LogP contribution in [0.5, 0.6) is 5.75 Å². The molecule has 0 saturated carbocycles. The van der Waals surface area contributed by atoms with Crippen LogP contribution in [0.1, 0.15) is 6.42 Å². The van der Waals surface area contributed by atoms with Crippen LogP contribution in [0.4, 0.5) is 10.1 Å². The molecule has 2 aromatic carbocycles. The number of halogens is 1. The molecule has 0 atom stereocenters. The normalized spacial score (nSPS) is 9.95. The summed E-state index contributed by atoms with van der Waals surface area (Å²) in [5, 5.41) is 6.24. The van der Waals surface area contributed by atoms with Gasteiger partial charge in [0, 0.05) is 6.54 Å². The van der Waals surface area contributed by atoms with Gasteiger partial charge < -0.3 is 15.4 Å². The molecule has 2 N–H and O–H groups in total. The fraction of sp³-hybridized carbons (Fsp3) is 0.188. The Bertz CT molecular complexity index is 577. The average Bonchev–Trinajstić information content (AvgIpc) is 2.50. The van der Waals surface area contributed by atoms with Crippen LogP contribution in [-0.2, 0) is 0 Å². The van der Waals surface area contributed by atoms with Gasteiger partial charge in [-0.25, -0.2) is 4.39 Å². The Kier molecular flexibility index (Phi) is 5.97. The van der Waals surface area contributed by atoms with Crippen molar-refractivity contribution in [2.45, 2.75) is 6.42 Å². The predicted molar refractivity (Wildman–Crippen MR) is 87.2 cm³/mol. The molecule has 2 aromatic rings. The van der Waals surface area contributed by atoms with Crippen molar-refractivity contribution >= 4 is 23.0 Å². The van der Waals surface area contributed by atoms with Gasteiger partial charge in [0.25, 0.3) is 0 Å². The molecule has 0 spiro atoms. The number of thiocarbonyl (C=S) groups is 1. The summed E-state index contributed by atoms with van der Waals surface area (Å²) in [7, 11) is 0. The van der Waals surface area contributed by atoms with Crippen LogP contribution in [0.2, 0.25) is 0 Å². The van der Waals surface area contributed by atoms with Gasteiger partial charge in [-0.3, -0.25) is 0 Å². The first-order chi connectivity index (χ1) is 10.3. The number of ether oxygens (including phenoxy) is 1. The maximum absolute atomic E-state index is 13.4. The van der Waals surface area contributed by atoms with Crippen molar-refractivity contribution in [3.63, 3.8) is 0 Å². The molecule has 0 aliphatic carbocycles. The number of benzene rings is 2. The molecule has 0 amide bonds. The van der Waals surface area contributed by atoms with E-state index in [4.69, 9.17) is 17.0 Å². The van der Waals surface area contributed by atoms with E-state index in [-0.39, 0.29) is 5.82 Å². The maximum atomic E-state index is 13.4. The largest absolute Gasteiger partial charge is 0.494 e. The van der Waals surface area contributed by atoms with E-state index in [2.05, 4.69) is 10.6 Å². The Morgan fingerprint density at radius 3 is 2.52 bits per heavy atom. The van der Waals surface area contributed by atoms with Crippen molar-refractivity contribution in [2.75, 3.05) is 18.5 Å². The number of anilines is 1. The smallest absolute Gasteiger partial charge is 0.170 e. The van der Waals surface area contributed by atoms with E-state index < -0.39 is 0 Å². The number of hydrogen-bond donors (Lipinski definition) is 2. The molecular weight excluding hydrogens is 287 g/mol. The third kappa shape index (κ3) is 5.39. The number of rotatable bonds is 6. The van der Waals surface area contributed by atoms with Crippen LogP contribution in [0.3, 0.4) is 0 Å². The molecule has 21 heavy (non-hydrogen) atoms. The average molecular weight is 304 g/mol. The van der Waals surface area contributed by atoms with Crippen LogP contribution in [-0.4, -0.2) is 18.3 Å². The van der Waals surface area contributed by atoms with E-state index in [0.29, 0.717) is 24.0 Å². The quantitative estimate of drug-likeness (QED) is 0.631. The molecule has 2 rings (SSSR count). The summed E-state index contributed by atoms with van der Waals surface area (Å²) in [6.45, 7) is 1.26. The van der Waals surface area contributed by atoms with Gasteiger partial charge >= 0.3 is 0 Å². The number of nitrogens with one attached hydrogen (secondary N) is 2. The van der Waals surface area contributed by atoms with E-state index in [1.807, 2.05) is 30.3 Å². The Morgan fingerprint density at radius 2 is 1.76 bits per heavy atom. The Labute approximate surface area is 129 Å². The highest BCUT2D eigenvalue weighted by molar-refractivity contribution is 7.80. The second kappa shape index (κ2) is 8.21. The molecule has 3 nitrogen and oxygen atoms in total. The summed E-state index contributed by atoms with van der Waals surface area (Å²) in [5.74, 6) is 0.526. The van der Waals surface area contributed by atoms with Crippen LogP contribution in [0, 0.1) is 5.82 Å². The lowest BCUT2D eigenvalue weighted by Gasteiger charge is -2.11. The highest BCUT2D eigenvalue weighted by atomic mass is 32.1. The Morgan fingerprint density at radius 1 is 1.05 bits per heavy atom. The molecule has 0 aromatic heterocycles. The standard InChI is InChI=1S/C16H17FN2OS/c17-14-9-4-5-10-15(14)19-16(21)18-11-6-12-20-13-7-2-1-3-8-13/h1-5,7-10H,6,11-12H2,(H2,18,19,21). The highest BCUT2D eigenvalue weighted by Gasteiger charge is 2.02. The topological polar surface area (TPSA) is 33.3 Å². The Balaban J connectivity index is 1.63. The number of para-hydroxylation sites is 2. The van der Waals surface area contributed by atoms with Gasteiger partial charge in [0.1, 0.15) is 11.6 Å². The van der Waals surface area contributed by atoms with Gasteiger partial charge in [-0.05, 0) is 42.9 Å². The minimum atomic E-state index is -0.325. The summed E-state index contributed by atoms with van der Waals surface area (Å²) >= 11 is 5.11. The lowest BCUT2D eigenvalue weighted by atomic mass is 10.3. The first-order valence-corrected chi connectivity index (χ1v) is 7.14. The summed E-state index contributed by atoms with van der Waals surface area (Å²) in [4.78, 5) is 0. The van der Waals surface area contributed by atoms with E-state index >= 15 is 0 Å². The maximum Gasteiger partial charge on any atom is 0.170 e. The lowest BCUT2D eigenvalue weighted by molar-refractivity contribution is 0.311. The zero-order valence-electron chi connectivity index (χ0n) is 11.5. The lowest BCUT2D eigenvalue weighted by Crippen LogP contribution is -2.30. The second-order valence-electron chi connectivity index (χ2n) is 4.38. The molecule has 0 fully saturated rings. The predicted octanol–water partition coefficient (Wildman–Crippen LogP) is 3.58. The molecule has 5 heteroatoms. The van der Waals surface area contributed by atoms with Crippen LogP contribution < -0.4 is 15.4 Å². The monoisotopic (exact) mass is 304 g/mol. The molecule has 0 heterocycles. The first kappa shape index (κ1) is 15.3. The van der Waals surface area contributed by atoms with Crippen LogP contribution in [0.15, 0.2) is 54.6 Å². The summed E-state index contributed by atoms with van der Waals surface area (Å²) in [5.41, 5.74) is 0.371. The van der Waals surface area contributed by atoms with Gasteiger partial charge in [0.05, 0.1) is 12.3 Å². The van der Waals surface area contributed by atoms with E-state index in [0.717, 1.165) is 12.2 Å². The molecule has 0 radical (unpaired) electrons. The first-order valence-electron chi connectivity index (χ1n) is 6.73. The highest BCUT2D eigenvalue weighted by Crippen LogP contribution is 2.12. The molecular formula is C16H17FN2OS. The van der Waals surface area contributed by atoms with Crippen molar-refractivity contribution in [3.05, 3.63) is 60.4 Å². The summed E-state index contributed by atoms with van der Waals surface area (Å²) in [6.07, 6.45) is 0.800. The second-order valence-corrected chi connectivity index (χ2v) is 4.78. The van der Waals surface area contributed by atoms with Gasteiger partial charge in [-0.2, -0.15) is 0 Å². The van der Waals surface area contributed by atoms with E-state index in [9.17, 15) is 4.39 Å². The van der Waals surface area contributed by atoms with E-state index in [1.54, 1.807) is 18.2 Å². The Hall–Kier alpha value is -2.14. The number of hydrogen-bond acceptors (Lipinski definition) is 2. The fourth-order valence-electron chi connectivity index (χ4n) is 1.71. The van der Waals surface area contributed by atoms with Gasteiger partial charge in [0.2, 0.25) is 0 Å². The third-order valence-electron chi connectivity index (χ3n) is 2.74. The minimum absolute atomic E-state index is 0.325. The van der Waals surface area contributed by atoms with Gasteiger partial charge in [-0.15, -0.1) is 0 Å². The van der Waals surface area contributed by atoms with Crippen molar-refractivity contribution in [1.29, 1.82) is 0 Å². The molecule has 0 bridgehead atoms. The molecule has 0 saturated heterocycles. The minimum Gasteiger partial charge on any atom is -0.494 e. The van der Waals surface area contributed by atoms with Crippen LogP contribution in [0.25, 0.3) is 0 Å². The molecule has 110 valence electrons. The molecule has 0 aliphatic heterocycles. The van der Waals surface area contributed by atoms with Crippen molar-refractivity contribution in [3.8, 4) is 5.75 Å². The molecule has 0 aliphatic rings. The summed E-state index contributed by atoms with van der Waals surface area (Å²) < 4.78 is 19.0. The van der Waals surface area contributed by atoms with Crippen LogP contribution >= 0.6 is 12.2 Å². The summed E-state index contributed by atoms with van der Waals surface area (Å²) in [6, 6.07) is 16.1. The third-order valence-corrected chi connectivity index (χ3v) is 2.99.